The summed E-state index contributed by atoms with van der Waals surface area (Å²) in [4.78, 5) is 53.1. The van der Waals surface area contributed by atoms with Crippen LogP contribution >= 0.6 is 0 Å². The van der Waals surface area contributed by atoms with Crippen molar-refractivity contribution in [2.45, 2.75) is 0 Å². The molecule has 11 nitrogen and oxygen atoms in total. The number of nitrogens with zero attached hydrogens (tertiary/aromatic N) is 11. The van der Waals surface area contributed by atoms with E-state index in [0.717, 1.165) is 178 Å². The SMILES string of the molecule is c1ccc(-c2cc(-c3ccc(-c4ccc5ccc6c(-c7ccccn7)c7ccccc7nc6c5n4)cc3)cc(-c3ccccn3)n2)nc1.c1ccc(-c2ccc3ccc(-c4ccc(-c5ccc6ccc7c(-c8ccncc8)c8ccccc8nc7c6n5)cc4)cc3n2)nc1. The Labute approximate surface area is 539 Å². The normalized spacial score (nSPS) is 11.4. The van der Waals surface area contributed by atoms with Gasteiger partial charge in [0.05, 0.1) is 89.9 Å². The van der Waals surface area contributed by atoms with Crippen molar-refractivity contribution in [3.8, 4) is 101 Å². The maximum absolute atomic E-state index is 5.22. The van der Waals surface area contributed by atoms with Crippen LogP contribution in [-0.2, 0) is 0 Å². The molecule has 94 heavy (non-hydrogen) atoms. The summed E-state index contributed by atoms with van der Waals surface area (Å²) in [5, 5.41) is 7.50. The fraction of sp³-hybridized carbons (Fsp3) is 0. The highest BCUT2D eigenvalue weighted by Crippen LogP contribution is 2.40. The van der Waals surface area contributed by atoms with Crippen molar-refractivity contribution in [1.82, 2.24) is 54.8 Å². The molecule has 18 aromatic rings. The molecule has 0 saturated heterocycles. The molecule has 11 aromatic heterocycles. The monoisotopic (exact) mass is 1200 g/mol. The van der Waals surface area contributed by atoms with Crippen LogP contribution < -0.4 is 0 Å². The highest BCUT2D eigenvalue weighted by Gasteiger charge is 2.19. The van der Waals surface area contributed by atoms with E-state index in [9.17, 15) is 0 Å². The van der Waals surface area contributed by atoms with Gasteiger partial charge in [-0.15, -0.1) is 0 Å². The van der Waals surface area contributed by atoms with Gasteiger partial charge in [-0.1, -0.05) is 164 Å². The average molecular weight is 1200 g/mol. The van der Waals surface area contributed by atoms with Gasteiger partial charge >= 0.3 is 0 Å². The number of pyridine rings is 11. The third-order valence-corrected chi connectivity index (χ3v) is 17.2. The number of fused-ring (bicyclic) bond motifs is 9. The van der Waals surface area contributed by atoms with Crippen molar-refractivity contribution >= 4 is 76.3 Å². The van der Waals surface area contributed by atoms with Gasteiger partial charge in [-0.2, -0.15) is 0 Å². The van der Waals surface area contributed by atoms with Crippen LogP contribution in [0.5, 0.6) is 0 Å². The number of hydrogen-bond acceptors (Lipinski definition) is 11. The summed E-state index contributed by atoms with van der Waals surface area (Å²) in [6.45, 7) is 0. The standard InChI is InChI=1S/C42H26N6.C41H25N5/c1-2-10-34-31(9-1)40(37-13-5-8-24-45-37)32-20-18-29-19-21-33(47-41(29)42(32)48-34)28-16-14-27(15-17-28)30-25-38(35-11-3-6-22-43-35)46-39(26-30)36-12-4-7-23-44-36;1-2-6-35-32(5-1)39(29-20-23-42-24-21-29)33-17-14-30-16-18-34(45-40(30)41(33)46-35)27-10-8-26(9-11-27)31-13-12-28-15-19-37(44-38(28)25-31)36-7-3-4-22-43-36/h1-26H;1-25H. The Morgan fingerprint density at radius 3 is 1.15 bits per heavy atom. The van der Waals surface area contributed by atoms with Crippen molar-refractivity contribution in [3.63, 3.8) is 0 Å². The molecule has 0 N–H and O–H groups in total. The topological polar surface area (TPSA) is 142 Å². The minimum absolute atomic E-state index is 0.797. The Morgan fingerprint density at radius 1 is 0.181 bits per heavy atom. The molecule has 0 aliphatic carbocycles. The summed E-state index contributed by atoms with van der Waals surface area (Å²) in [5.74, 6) is 0. The quantitative estimate of drug-likeness (QED) is 0.101. The predicted octanol–water partition coefficient (Wildman–Crippen LogP) is 19.8. The molecule has 11 heterocycles. The molecular formula is C83H51N11. The Kier molecular flexibility index (Phi) is 13.9. The third kappa shape index (κ3) is 10.4. The fourth-order valence-corrected chi connectivity index (χ4v) is 12.6. The Balaban J connectivity index is 0.000000143. The van der Waals surface area contributed by atoms with Gasteiger partial charge in [0.15, 0.2) is 0 Å². The summed E-state index contributed by atoms with van der Waals surface area (Å²) >= 11 is 0. The third-order valence-electron chi connectivity index (χ3n) is 17.2. The second kappa shape index (κ2) is 23.8. The zero-order valence-electron chi connectivity index (χ0n) is 50.4. The lowest BCUT2D eigenvalue weighted by molar-refractivity contribution is 1.22. The van der Waals surface area contributed by atoms with E-state index in [0.29, 0.717) is 0 Å². The first kappa shape index (κ1) is 55.1. The largest absolute Gasteiger partial charge is 0.265 e. The van der Waals surface area contributed by atoms with Crippen LogP contribution in [0, 0.1) is 0 Å². The summed E-state index contributed by atoms with van der Waals surface area (Å²) in [5.41, 5.74) is 23.7. The summed E-state index contributed by atoms with van der Waals surface area (Å²) < 4.78 is 0. The van der Waals surface area contributed by atoms with Gasteiger partial charge < -0.3 is 0 Å². The van der Waals surface area contributed by atoms with Crippen molar-refractivity contribution in [2.24, 2.45) is 0 Å². The van der Waals surface area contributed by atoms with Gasteiger partial charge in [0, 0.05) is 97.1 Å². The summed E-state index contributed by atoms with van der Waals surface area (Å²) in [7, 11) is 0. The van der Waals surface area contributed by atoms with Crippen LogP contribution in [0.3, 0.4) is 0 Å². The van der Waals surface area contributed by atoms with Gasteiger partial charge in [-0.05, 0) is 137 Å². The number of para-hydroxylation sites is 2. The van der Waals surface area contributed by atoms with Gasteiger partial charge in [0.25, 0.3) is 0 Å². The van der Waals surface area contributed by atoms with Gasteiger partial charge in [-0.3, -0.25) is 24.9 Å². The maximum atomic E-state index is 5.22. The fourth-order valence-electron chi connectivity index (χ4n) is 12.6. The van der Waals surface area contributed by atoms with E-state index in [-0.39, 0.29) is 0 Å². The molecule has 0 spiro atoms. The number of rotatable bonds is 9. The van der Waals surface area contributed by atoms with E-state index < -0.39 is 0 Å². The Morgan fingerprint density at radius 2 is 0.606 bits per heavy atom. The van der Waals surface area contributed by atoms with Crippen LogP contribution in [0.15, 0.2) is 310 Å². The van der Waals surface area contributed by atoms with Crippen molar-refractivity contribution < 1.29 is 0 Å². The lowest BCUT2D eigenvalue weighted by atomic mass is 9.95. The Hall–Kier alpha value is -13.0. The zero-order chi connectivity index (χ0) is 62.3. The molecule has 0 bridgehead atoms. The maximum Gasteiger partial charge on any atom is 0.0979 e. The van der Waals surface area contributed by atoms with Crippen LogP contribution in [0.2, 0.25) is 0 Å². The molecule has 0 amide bonds. The first-order valence-electron chi connectivity index (χ1n) is 31.0. The zero-order valence-corrected chi connectivity index (χ0v) is 50.4. The molecule has 18 rings (SSSR count). The van der Waals surface area contributed by atoms with Crippen LogP contribution in [0.25, 0.3) is 178 Å². The summed E-state index contributed by atoms with van der Waals surface area (Å²) in [6, 6.07) is 93.1. The van der Waals surface area contributed by atoms with E-state index in [1.165, 1.54) is 0 Å². The molecule has 0 saturated carbocycles. The minimum Gasteiger partial charge on any atom is -0.265 e. The van der Waals surface area contributed by atoms with E-state index in [4.69, 9.17) is 34.9 Å². The number of benzene rings is 7. The second-order valence-electron chi connectivity index (χ2n) is 22.9. The molecule has 438 valence electrons. The molecule has 7 aromatic carbocycles. The van der Waals surface area contributed by atoms with Crippen molar-refractivity contribution in [3.05, 3.63) is 310 Å². The van der Waals surface area contributed by atoms with E-state index in [1.54, 1.807) is 18.6 Å². The highest BCUT2D eigenvalue weighted by molar-refractivity contribution is 6.17. The minimum atomic E-state index is 0.797. The van der Waals surface area contributed by atoms with E-state index in [2.05, 4.69) is 202 Å². The van der Waals surface area contributed by atoms with Gasteiger partial charge in [0.1, 0.15) is 0 Å². The summed E-state index contributed by atoms with van der Waals surface area (Å²) in [6.07, 6.45) is 10.9. The van der Waals surface area contributed by atoms with Crippen molar-refractivity contribution in [1.29, 1.82) is 0 Å². The van der Waals surface area contributed by atoms with Crippen LogP contribution in [0.4, 0.5) is 0 Å². The molecule has 0 radical (unpaired) electrons. The lowest BCUT2D eigenvalue weighted by Crippen LogP contribution is -1.94. The number of aromatic nitrogens is 11. The Bertz CT molecular complexity index is 5830. The lowest BCUT2D eigenvalue weighted by Gasteiger charge is -2.13. The van der Waals surface area contributed by atoms with Gasteiger partial charge in [-0.25, -0.2) is 29.9 Å². The van der Waals surface area contributed by atoms with Crippen LogP contribution in [0.1, 0.15) is 0 Å². The van der Waals surface area contributed by atoms with E-state index in [1.807, 2.05) is 110 Å². The predicted molar refractivity (Wildman–Crippen MR) is 380 cm³/mol. The van der Waals surface area contributed by atoms with E-state index >= 15 is 0 Å². The van der Waals surface area contributed by atoms with Gasteiger partial charge in [0.2, 0.25) is 0 Å². The van der Waals surface area contributed by atoms with Crippen LogP contribution in [-0.4, -0.2) is 54.8 Å². The second-order valence-corrected chi connectivity index (χ2v) is 22.9. The van der Waals surface area contributed by atoms with Crippen molar-refractivity contribution in [2.75, 3.05) is 0 Å². The highest BCUT2D eigenvalue weighted by atomic mass is 14.8. The molecule has 0 fully saturated rings. The smallest absolute Gasteiger partial charge is 0.0979 e. The molecule has 11 heteroatoms. The first-order valence-corrected chi connectivity index (χ1v) is 31.0. The average Bonchev–Trinajstić information content (AvgIpc) is 0.755. The molecular weight excluding hydrogens is 1150 g/mol. The molecule has 0 aliphatic heterocycles. The molecule has 0 atom stereocenters. The first-order chi connectivity index (χ1) is 46.6. The molecule has 0 unspecified atom stereocenters. The molecule has 0 aliphatic rings. The number of hydrogen-bond donors (Lipinski definition) is 0.